The minimum Gasteiger partial charge on any atom is -0.478 e. The highest BCUT2D eigenvalue weighted by molar-refractivity contribution is 6.62. The number of carboxylic acid groups (broad SMARTS) is 1. The van der Waals surface area contributed by atoms with Crippen LogP contribution in [-0.4, -0.2) is 40.6 Å². The Morgan fingerprint density at radius 3 is 2.27 bits per heavy atom. The van der Waals surface area contributed by atoms with Crippen LogP contribution in [-0.2, 0) is 20.5 Å². The summed E-state index contributed by atoms with van der Waals surface area (Å²) in [6.45, 7) is 10.2. The van der Waals surface area contributed by atoms with Crippen molar-refractivity contribution in [2.45, 2.75) is 95.9 Å². The Hall–Kier alpha value is -2.55. The Morgan fingerprint density at radius 2 is 1.63 bits per heavy atom. The minimum absolute atomic E-state index is 0.0227. The highest BCUT2D eigenvalue weighted by Crippen LogP contribution is 2.64. The largest absolute Gasteiger partial charge is 0.494 e. The summed E-state index contributed by atoms with van der Waals surface area (Å²) in [7, 11) is -0.533. The van der Waals surface area contributed by atoms with Gasteiger partial charge in [0.15, 0.2) is 0 Å². The van der Waals surface area contributed by atoms with Crippen LogP contribution in [0.25, 0.3) is 6.08 Å². The van der Waals surface area contributed by atoms with Gasteiger partial charge in [-0.3, -0.25) is 0 Å². The molecule has 0 amide bonds. The molecule has 4 aliphatic rings. The predicted octanol–water partition coefficient (Wildman–Crippen LogP) is 5.97. The topological polar surface area (TPSA) is 76.0 Å². The molecule has 3 aliphatic carbocycles. The van der Waals surface area contributed by atoms with Gasteiger partial charge in [0.1, 0.15) is 11.6 Å². The number of hydrogen-bond donors (Lipinski definition) is 2. The lowest BCUT2D eigenvalue weighted by molar-refractivity contribution is -0.131. The molecule has 1 unspecified atom stereocenters. The molecule has 0 radical (unpaired) electrons. The van der Waals surface area contributed by atoms with E-state index in [-0.39, 0.29) is 34.3 Å². The first-order chi connectivity index (χ1) is 19.2. The fourth-order valence-corrected chi connectivity index (χ4v) is 8.27. The summed E-state index contributed by atoms with van der Waals surface area (Å²) in [5.74, 6) is -2.68. The van der Waals surface area contributed by atoms with Crippen molar-refractivity contribution in [3.63, 3.8) is 0 Å². The molecule has 1 saturated heterocycles. The van der Waals surface area contributed by atoms with Gasteiger partial charge < -0.3 is 19.5 Å². The molecule has 3 fully saturated rings. The zero-order valence-electron chi connectivity index (χ0n) is 24.4. The molecule has 2 aromatic carbocycles. The van der Waals surface area contributed by atoms with E-state index in [2.05, 4.69) is 25.1 Å². The second-order valence-electron chi connectivity index (χ2n) is 13.9. The average molecular weight is 564 g/mol. The number of aliphatic hydroxyl groups is 1. The third-order valence-corrected chi connectivity index (χ3v) is 11.2. The first kappa shape index (κ1) is 28.6. The molecule has 5 nitrogen and oxygen atoms in total. The van der Waals surface area contributed by atoms with E-state index >= 15 is 8.78 Å². The molecule has 2 aromatic rings. The molecule has 41 heavy (non-hydrogen) atoms. The van der Waals surface area contributed by atoms with Gasteiger partial charge in [0.25, 0.3) is 0 Å². The van der Waals surface area contributed by atoms with Crippen molar-refractivity contribution in [2.75, 3.05) is 0 Å². The van der Waals surface area contributed by atoms with Crippen molar-refractivity contribution >= 4 is 24.6 Å². The van der Waals surface area contributed by atoms with Gasteiger partial charge in [-0.15, -0.1) is 0 Å². The standard InChI is InChI=1S/C33H39BF2O5/c1-31(2)32(3,4)41-34(40-31)20-7-8-21-19(16-20)17-23(29-22(21)12-13-33(5)24(29)9-10-27(33)37)30-25(35)14-18(15-26(30)36)6-11-28(38)39/h6-8,11,14-16,22-24,27,29,37H,9-10,12-13,17H2,1-5H3,(H,38,39)/b11-6+/t22?,23-,24-,27-,29-,33-/m0/s1. The van der Waals surface area contributed by atoms with Gasteiger partial charge in [0.2, 0.25) is 0 Å². The molecule has 0 aromatic heterocycles. The zero-order chi connectivity index (χ0) is 29.5. The molecule has 6 atom stereocenters. The van der Waals surface area contributed by atoms with E-state index < -0.39 is 47.9 Å². The Bertz CT molecular complexity index is 1380. The molecular formula is C33H39BF2O5. The number of hydrogen-bond acceptors (Lipinski definition) is 4. The van der Waals surface area contributed by atoms with Gasteiger partial charge in [0.05, 0.1) is 17.3 Å². The monoisotopic (exact) mass is 564 g/mol. The van der Waals surface area contributed by atoms with Crippen LogP contribution in [0, 0.1) is 28.9 Å². The predicted molar refractivity (Wildman–Crippen MR) is 154 cm³/mol. The van der Waals surface area contributed by atoms with Gasteiger partial charge in [0, 0.05) is 11.6 Å². The smallest absolute Gasteiger partial charge is 0.478 e. The van der Waals surface area contributed by atoms with E-state index in [1.54, 1.807) is 0 Å². The lowest BCUT2D eigenvalue weighted by atomic mass is 9.51. The van der Waals surface area contributed by atoms with E-state index in [1.807, 2.05) is 27.7 Å². The van der Waals surface area contributed by atoms with E-state index in [0.717, 1.165) is 36.4 Å². The lowest BCUT2D eigenvalue weighted by Crippen LogP contribution is -2.47. The molecule has 0 spiro atoms. The van der Waals surface area contributed by atoms with Crippen LogP contribution in [0.2, 0.25) is 0 Å². The number of rotatable bonds is 4. The number of fused-ring (bicyclic) bond motifs is 5. The number of aliphatic hydroxyl groups excluding tert-OH is 1. The van der Waals surface area contributed by atoms with Crippen LogP contribution in [0.4, 0.5) is 8.78 Å². The van der Waals surface area contributed by atoms with E-state index in [0.29, 0.717) is 12.8 Å². The summed E-state index contributed by atoms with van der Waals surface area (Å²) < 4.78 is 44.3. The Balaban J connectivity index is 1.44. The normalized spacial score (nSPS) is 33.5. The molecule has 218 valence electrons. The quantitative estimate of drug-likeness (QED) is 0.354. The summed E-state index contributed by atoms with van der Waals surface area (Å²) in [6, 6.07) is 8.78. The number of halogens is 2. The van der Waals surface area contributed by atoms with Crippen molar-refractivity contribution in [3.05, 3.63) is 70.3 Å². The molecular weight excluding hydrogens is 525 g/mol. The van der Waals surface area contributed by atoms with Crippen molar-refractivity contribution < 1.29 is 33.1 Å². The summed E-state index contributed by atoms with van der Waals surface area (Å²) in [4.78, 5) is 11.0. The van der Waals surface area contributed by atoms with Gasteiger partial charge in [-0.2, -0.15) is 0 Å². The SMILES string of the molecule is CC1(C)OB(c2ccc3c(c2)C[C@H](c2c(F)cc(/C=C/C(=O)O)cc2F)[C@@H]2C3CC[C@]3(C)[C@@H](O)CC[C@@H]23)OC1(C)C. The zero-order valence-corrected chi connectivity index (χ0v) is 24.4. The fourth-order valence-electron chi connectivity index (χ4n) is 8.27. The van der Waals surface area contributed by atoms with Gasteiger partial charge in [-0.1, -0.05) is 25.1 Å². The molecule has 1 heterocycles. The van der Waals surface area contributed by atoms with Crippen LogP contribution in [0.15, 0.2) is 36.4 Å². The molecule has 2 saturated carbocycles. The van der Waals surface area contributed by atoms with Crippen LogP contribution in [0.3, 0.4) is 0 Å². The van der Waals surface area contributed by atoms with Crippen LogP contribution in [0.5, 0.6) is 0 Å². The second kappa shape index (κ2) is 9.75. The van der Waals surface area contributed by atoms with Crippen molar-refractivity contribution in [2.24, 2.45) is 17.3 Å². The van der Waals surface area contributed by atoms with Crippen molar-refractivity contribution in [1.29, 1.82) is 0 Å². The maximum Gasteiger partial charge on any atom is 0.494 e. The minimum atomic E-state index is -1.18. The molecule has 0 bridgehead atoms. The highest BCUT2D eigenvalue weighted by atomic mass is 19.1. The van der Waals surface area contributed by atoms with Crippen LogP contribution in [0.1, 0.15) is 94.4 Å². The molecule has 2 N–H and O–H groups in total. The first-order valence-electron chi connectivity index (χ1n) is 14.8. The maximum absolute atomic E-state index is 15.9. The first-order valence-corrected chi connectivity index (χ1v) is 14.8. The number of aliphatic carboxylic acids is 1. The van der Waals surface area contributed by atoms with E-state index in [4.69, 9.17) is 14.4 Å². The summed E-state index contributed by atoms with van der Waals surface area (Å²) >= 11 is 0. The van der Waals surface area contributed by atoms with E-state index in [1.165, 1.54) is 23.8 Å². The average Bonchev–Trinajstić information content (AvgIpc) is 3.31. The molecule has 6 rings (SSSR count). The molecule has 1 aliphatic heterocycles. The van der Waals surface area contributed by atoms with Crippen molar-refractivity contribution in [3.8, 4) is 0 Å². The maximum atomic E-state index is 15.9. The third kappa shape index (κ3) is 4.57. The Kier molecular flexibility index (Phi) is 6.79. The Morgan fingerprint density at radius 1 is 0.976 bits per heavy atom. The highest BCUT2D eigenvalue weighted by Gasteiger charge is 2.58. The summed E-state index contributed by atoms with van der Waals surface area (Å²) in [5.41, 5.74) is 2.15. The number of carboxylic acids is 1. The fraction of sp³-hybridized carbons (Fsp3) is 0.545. The van der Waals surface area contributed by atoms with Crippen molar-refractivity contribution in [1.82, 2.24) is 0 Å². The lowest BCUT2D eigenvalue weighted by Gasteiger charge is -2.53. The number of carbonyl (C=O) groups is 1. The van der Waals surface area contributed by atoms with Gasteiger partial charge >= 0.3 is 13.1 Å². The summed E-state index contributed by atoms with van der Waals surface area (Å²) in [5, 5.41) is 20.0. The molecule has 8 heteroatoms. The Labute approximate surface area is 241 Å². The number of benzene rings is 2. The van der Waals surface area contributed by atoms with Crippen LogP contribution < -0.4 is 5.46 Å². The second-order valence-corrected chi connectivity index (χ2v) is 13.9. The van der Waals surface area contributed by atoms with Crippen LogP contribution >= 0.6 is 0 Å². The summed E-state index contributed by atoms with van der Waals surface area (Å²) in [6.07, 6.45) is 5.38. The van der Waals surface area contributed by atoms with Gasteiger partial charge in [-0.05, 0) is 129 Å². The third-order valence-electron chi connectivity index (χ3n) is 11.2. The van der Waals surface area contributed by atoms with E-state index in [9.17, 15) is 9.90 Å². The van der Waals surface area contributed by atoms with Gasteiger partial charge in [-0.25, -0.2) is 13.6 Å².